The van der Waals surface area contributed by atoms with E-state index in [1.807, 2.05) is 6.21 Å². The van der Waals surface area contributed by atoms with Crippen molar-refractivity contribution in [3.05, 3.63) is 65.7 Å². The molecule has 166 valence electrons. The minimum absolute atomic E-state index is 0.310. The summed E-state index contributed by atoms with van der Waals surface area (Å²) in [6.45, 7) is 6.51. The van der Waals surface area contributed by atoms with Crippen LogP contribution in [0.4, 0.5) is 11.4 Å². The minimum Gasteiger partial charge on any atom is -0.459 e. The van der Waals surface area contributed by atoms with Crippen molar-refractivity contribution in [3.8, 4) is 5.75 Å². The highest BCUT2D eigenvalue weighted by Crippen LogP contribution is 2.55. The summed E-state index contributed by atoms with van der Waals surface area (Å²) in [6, 6.07) is 19.1. The van der Waals surface area contributed by atoms with Crippen molar-refractivity contribution in [2.24, 2.45) is 4.99 Å². The Morgan fingerprint density at radius 3 is 2.62 bits per heavy atom. The van der Waals surface area contributed by atoms with Crippen molar-refractivity contribution >= 4 is 60.2 Å². The number of anilines is 1. The van der Waals surface area contributed by atoms with E-state index in [1.165, 1.54) is 16.6 Å². The molecular weight excluding hydrogens is 532 g/mol. The number of alkyl halides is 2. The van der Waals surface area contributed by atoms with Gasteiger partial charge in [0.1, 0.15) is 5.69 Å². The number of halogens is 2. The van der Waals surface area contributed by atoms with Gasteiger partial charge in [-0.3, -0.25) is 4.99 Å². The molecule has 1 unspecified atom stereocenters. The lowest BCUT2D eigenvalue weighted by molar-refractivity contribution is 0.0676. The van der Waals surface area contributed by atoms with Gasteiger partial charge in [0.05, 0.1) is 24.8 Å². The van der Waals surface area contributed by atoms with Crippen molar-refractivity contribution < 1.29 is 9.47 Å². The molecular formula is C26H26Br2N2O2. The molecule has 0 saturated carbocycles. The Hall–Kier alpha value is -1.89. The molecule has 6 heteroatoms. The molecule has 3 aromatic carbocycles. The van der Waals surface area contributed by atoms with Crippen LogP contribution in [0.1, 0.15) is 25.0 Å². The van der Waals surface area contributed by atoms with Crippen LogP contribution in [-0.4, -0.2) is 37.0 Å². The van der Waals surface area contributed by atoms with E-state index in [0.717, 1.165) is 27.7 Å². The molecule has 0 N–H and O–H groups in total. The van der Waals surface area contributed by atoms with Gasteiger partial charge in [-0.2, -0.15) is 0 Å². The van der Waals surface area contributed by atoms with Crippen LogP contribution in [0.15, 0.2) is 59.6 Å². The molecule has 1 atom stereocenters. The summed E-state index contributed by atoms with van der Waals surface area (Å²) in [4.78, 5) is 7.41. The SMILES string of the molecule is CC1(C)c2ccccc2N(CCOCCBr)C12C=Nc1c(c(CBr)cc3ccccc13)O2. The lowest BCUT2D eigenvalue weighted by Crippen LogP contribution is -2.63. The van der Waals surface area contributed by atoms with Crippen LogP contribution in [0.3, 0.4) is 0 Å². The third kappa shape index (κ3) is 3.22. The molecule has 0 bridgehead atoms. The van der Waals surface area contributed by atoms with Crippen LogP contribution in [-0.2, 0) is 15.5 Å². The Labute approximate surface area is 205 Å². The summed E-state index contributed by atoms with van der Waals surface area (Å²) in [5.41, 5.74) is 3.41. The second-order valence-electron chi connectivity index (χ2n) is 8.72. The summed E-state index contributed by atoms with van der Waals surface area (Å²) in [5, 5.41) is 3.81. The van der Waals surface area contributed by atoms with E-state index >= 15 is 0 Å². The van der Waals surface area contributed by atoms with E-state index < -0.39 is 5.72 Å². The van der Waals surface area contributed by atoms with Crippen LogP contribution in [0, 0.1) is 0 Å². The van der Waals surface area contributed by atoms with Crippen LogP contribution in [0.2, 0.25) is 0 Å². The van der Waals surface area contributed by atoms with Crippen LogP contribution in [0.5, 0.6) is 5.75 Å². The lowest BCUT2D eigenvalue weighted by Gasteiger charge is -2.46. The fraction of sp³-hybridized carbons (Fsp3) is 0.346. The summed E-state index contributed by atoms with van der Waals surface area (Å²) < 4.78 is 12.9. The number of fused-ring (bicyclic) bond motifs is 4. The van der Waals surface area contributed by atoms with Crippen molar-refractivity contribution in [3.63, 3.8) is 0 Å². The van der Waals surface area contributed by atoms with Gasteiger partial charge in [-0.15, -0.1) is 0 Å². The molecule has 2 heterocycles. The third-order valence-electron chi connectivity index (χ3n) is 6.67. The van der Waals surface area contributed by atoms with Crippen molar-refractivity contribution in [2.45, 2.75) is 30.3 Å². The number of hydrogen-bond acceptors (Lipinski definition) is 4. The molecule has 0 aliphatic carbocycles. The van der Waals surface area contributed by atoms with Gasteiger partial charge in [0.25, 0.3) is 0 Å². The number of hydrogen-bond donors (Lipinski definition) is 0. The molecule has 1 spiro atoms. The highest BCUT2D eigenvalue weighted by molar-refractivity contribution is 9.09. The minimum atomic E-state index is -0.735. The maximum Gasteiger partial charge on any atom is 0.229 e. The molecule has 0 radical (unpaired) electrons. The zero-order valence-corrected chi connectivity index (χ0v) is 21.4. The average molecular weight is 558 g/mol. The number of rotatable bonds is 6. The highest BCUT2D eigenvalue weighted by Gasteiger charge is 2.59. The molecule has 2 aliphatic heterocycles. The zero-order valence-electron chi connectivity index (χ0n) is 18.3. The molecule has 2 aliphatic rings. The molecule has 3 aromatic rings. The molecule has 0 saturated heterocycles. The Balaban J connectivity index is 1.65. The monoisotopic (exact) mass is 556 g/mol. The van der Waals surface area contributed by atoms with Crippen LogP contribution < -0.4 is 9.64 Å². The smallest absolute Gasteiger partial charge is 0.229 e. The number of aliphatic imine (C=N–C) groups is 1. The fourth-order valence-corrected chi connectivity index (χ4v) is 5.65. The maximum absolute atomic E-state index is 7.06. The Morgan fingerprint density at radius 2 is 1.81 bits per heavy atom. The first-order valence-corrected chi connectivity index (χ1v) is 13.1. The van der Waals surface area contributed by atoms with Crippen molar-refractivity contribution in [2.75, 3.05) is 30.0 Å². The van der Waals surface area contributed by atoms with Crippen molar-refractivity contribution in [1.82, 2.24) is 0 Å². The van der Waals surface area contributed by atoms with E-state index in [1.54, 1.807) is 0 Å². The molecule has 0 amide bonds. The number of ether oxygens (including phenoxy) is 2. The molecule has 0 aromatic heterocycles. The predicted octanol–water partition coefficient (Wildman–Crippen LogP) is 6.74. The summed E-state index contributed by atoms with van der Waals surface area (Å²) >= 11 is 7.12. The van der Waals surface area contributed by atoms with Gasteiger partial charge < -0.3 is 14.4 Å². The highest BCUT2D eigenvalue weighted by atomic mass is 79.9. The first-order chi connectivity index (χ1) is 15.5. The topological polar surface area (TPSA) is 34.1 Å². The summed E-state index contributed by atoms with van der Waals surface area (Å²) in [7, 11) is 0. The largest absolute Gasteiger partial charge is 0.459 e. The maximum atomic E-state index is 7.06. The predicted molar refractivity (Wildman–Crippen MR) is 140 cm³/mol. The number of benzene rings is 3. The van der Waals surface area contributed by atoms with Gasteiger partial charge in [0.15, 0.2) is 5.75 Å². The number of para-hydroxylation sites is 1. The van der Waals surface area contributed by atoms with E-state index in [-0.39, 0.29) is 5.41 Å². The van der Waals surface area contributed by atoms with Gasteiger partial charge in [0.2, 0.25) is 5.72 Å². The Bertz CT molecular complexity index is 1190. The van der Waals surface area contributed by atoms with Gasteiger partial charge in [0, 0.05) is 33.8 Å². The number of nitrogens with zero attached hydrogens (tertiary/aromatic N) is 2. The molecule has 5 rings (SSSR count). The van der Waals surface area contributed by atoms with E-state index in [2.05, 4.69) is 105 Å². The second-order valence-corrected chi connectivity index (χ2v) is 10.1. The summed E-state index contributed by atoms with van der Waals surface area (Å²) in [6.07, 6.45) is 2.02. The molecule has 4 nitrogen and oxygen atoms in total. The van der Waals surface area contributed by atoms with E-state index in [4.69, 9.17) is 14.5 Å². The van der Waals surface area contributed by atoms with E-state index in [0.29, 0.717) is 25.1 Å². The van der Waals surface area contributed by atoms with Gasteiger partial charge in [-0.1, -0.05) is 74.3 Å². The summed E-state index contributed by atoms with van der Waals surface area (Å²) in [5.74, 6) is 0.857. The van der Waals surface area contributed by atoms with E-state index in [9.17, 15) is 0 Å². The Kier molecular flexibility index (Phi) is 5.81. The molecule has 32 heavy (non-hydrogen) atoms. The average Bonchev–Trinajstić information content (AvgIpc) is 2.99. The lowest BCUT2D eigenvalue weighted by atomic mass is 9.77. The van der Waals surface area contributed by atoms with Gasteiger partial charge in [-0.05, 0) is 36.9 Å². The van der Waals surface area contributed by atoms with Crippen LogP contribution in [0.25, 0.3) is 10.8 Å². The first-order valence-electron chi connectivity index (χ1n) is 10.9. The standard InChI is InChI=1S/C26H26Br2N2O2/c1-25(2)21-9-5-6-10-22(21)30(12-14-31-13-11-27)26(25)17-29-23-20-8-4-3-7-18(20)15-19(16-28)24(23)32-26/h3-10,15,17H,11-14,16H2,1-2H3. The van der Waals surface area contributed by atoms with Gasteiger partial charge >= 0.3 is 0 Å². The van der Waals surface area contributed by atoms with Gasteiger partial charge in [-0.25, -0.2) is 0 Å². The normalized spacial score (nSPS) is 20.4. The molecule has 0 fully saturated rings. The Morgan fingerprint density at radius 1 is 1.03 bits per heavy atom. The van der Waals surface area contributed by atoms with Crippen molar-refractivity contribution in [1.29, 1.82) is 0 Å². The first kappa shape index (κ1) is 21.9. The second kappa shape index (κ2) is 8.47. The quantitative estimate of drug-likeness (QED) is 0.249. The fourth-order valence-electron chi connectivity index (χ4n) is 5.00. The zero-order chi connectivity index (χ0) is 22.3. The van der Waals surface area contributed by atoms with Crippen LogP contribution >= 0.6 is 31.9 Å². The third-order valence-corrected chi connectivity index (χ3v) is 7.60.